The lowest BCUT2D eigenvalue weighted by molar-refractivity contribution is -0.753. The van der Waals surface area contributed by atoms with Crippen molar-refractivity contribution in [3.05, 3.63) is 24.0 Å². The maximum atomic E-state index is 11.4. The second-order valence-corrected chi connectivity index (χ2v) is 4.17. The molecule has 0 unspecified atom stereocenters. The number of hydrogen-bond acceptors (Lipinski definition) is 5. The van der Waals surface area contributed by atoms with Crippen molar-refractivity contribution >= 4 is 17.8 Å². The number of aryl methyl sites for hydroxylation is 1. The van der Waals surface area contributed by atoms with E-state index in [1.807, 2.05) is 6.92 Å². The zero-order valence-corrected chi connectivity index (χ0v) is 13.0. The molecule has 0 aromatic carbocycles. The van der Waals surface area contributed by atoms with Gasteiger partial charge in [-0.2, -0.15) is 13.2 Å². The molecule has 0 fully saturated rings. The fourth-order valence-electron chi connectivity index (χ4n) is 1.24. The van der Waals surface area contributed by atoms with Gasteiger partial charge in [0.1, 0.15) is 12.6 Å². The summed E-state index contributed by atoms with van der Waals surface area (Å²) in [6.07, 6.45) is -1.83. The minimum absolute atomic E-state index is 0.0121. The Kier molecular flexibility index (Phi) is 8.98. The van der Waals surface area contributed by atoms with Crippen LogP contribution in [0.15, 0.2) is 18.5 Å². The highest BCUT2D eigenvalue weighted by molar-refractivity contribution is 5.93. The number of esters is 1. The van der Waals surface area contributed by atoms with Crippen molar-refractivity contribution in [2.24, 2.45) is 0 Å². The van der Waals surface area contributed by atoms with E-state index in [2.05, 4.69) is 15.2 Å². The van der Waals surface area contributed by atoms with E-state index in [1.165, 1.54) is 10.9 Å². The lowest BCUT2D eigenvalue weighted by atomic mass is 10.3. The molecule has 0 bridgehead atoms. The lowest BCUT2D eigenvalue weighted by Crippen LogP contribution is -2.39. The zero-order chi connectivity index (χ0) is 18.8. The SMILES string of the molecule is CCNC(=O)c1cc[n+](CCC(=O)O)nc1.COC(=O)C(F)(F)F. The van der Waals surface area contributed by atoms with Gasteiger partial charge in [0.05, 0.1) is 12.7 Å². The molecule has 134 valence electrons. The summed E-state index contributed by atoms with van der Waals surface area (Å²) in [4.78, 5) is 31.2. The molecule has 0 aliphatic rings. The fourth-order valence-corrected chi connectivity index (χ4v) is 1.24. The molecule has 0 aliphatic carbocycles. The predicted molar refractivity (Wildman–Crippen MR) is 72.8 cm³/mol. The number of halogens is 3. The summed E-state index contributed by atoms with van der Waals surface area (Å²) in [5, 5.41) is 15.1. The normalized spacial score (nSPS) is 10.2. The van der Waals surface area contributed by atoms with Crippen LogP contribution in [0, 0.1) is 0 Å². The Morgan fingerprint density at radius 2 is 2.00 bits per heavy atom. The molecule has 24 heavy (non-hydrogen) atoms. The second kappa shape index (κ2) is 10.1. The van der Waals surface area contributed by atoms with Gasteiger partial charge in [-0.25, -0.2) is 4.79 Å². The standard InChI is InChI=1S/C10H13N3O3.C3H3F3O2/c1-2-11-10(16)8-3-5-13(12-7-8)6-4-9(14)15;1-8-2(7)3(4,5)6/h3,5,7H,2,4,6H2,1H3,(H-,11,14,15,16);1H3/p+1. The van der Waals surface area contributed by atoms with Crippen molar-refractivity contribution in [2.45, 2.75) is 26.1 Å². The van der Waals surface area contributed by atoms with E-state index >= 15 is 0 Å². The van der Waals surface area contributed by atoms with Crippen LogP contribution in [0.1, 0.15) is 23.7 Å². The van der Waals surface area contributed by atoms with Crippen LogP contribution >= 0.6 is 0 Å². The van der Waals surface area contributed by atoms with Crippen LogP contribution < -0.4 is 10.00 Å². The van der Waals surface area contributed by atoms with E-state index in [4.69, 9.17) is 5.11 Å². The number of hydrogen-bond donors (Lipinski definition) is 2. The average molecular weight is 352 g/mol. The zero-order valence-electron chi connectivity index (χ0n) is 13.0. The van der Waals surface area contributed by atoms with Crippen molar-refractivity contribution in [2.75, 3.05) is 13.7 Å². The first-order valence-corrected chi connectivity index (χ1v) is 6.62. The number of aromatic nitrogens is 2. The Bertz CT molecular complexity index is 561. The number of alkyl halides is 3. The van der Waals surface area contributed by atoms with Gasteiger partial charge in [0.15, 0.2) is 12.7 Å². The molecule has 1 rings (SSSR count). The summed E-state index contributed by atoms with van der Waals surface area (Å²) >= 11 is 0. The Balaban J connectivity index is 0.000000561. The van der Waals surface area contributed by atoms with E-state index in [-0.39, 0.29) is 12.3 Å². The van der Waals surface area contributed by atoms with Gasteiger partial charge in [0.25, 0.3) is 5.91 Å². The third-order valence-electron chi connectivity index (χ3n) is 2.34. The highest BCUT2D eigenvalue weighted by atomic mass is 19.4. The molecule has 0 aliphatic heterocycles. The van der Waals surface area contributed by atoms with Crippen LogP contribution in [0.5, 0.6) is 0 Å². The molecule has 1 aromatic rings. The molecule has 1 amide bonds. The number of amides is 1. The Hall–Kier alpha value is -2.72. The second-order valence-electron chi connectivity index (χ2n) is 4.17. The predicted octanol–water partition coefficient (Wildman–Crippen LogP) is 0.315. The summed E-state index contributed by atoms with van der Waals surface area (Å²) in [5.41, 5.74) is 0.466. The summed E-state index contributed by atoms with van der Waals surface area (Å²) in [7, 11) is 0.676. The van der Waals surface area contributed by atoms with E-state index in [1.54, 1.807) is 12.3 Å². The van der Waals surface area contributed by atoms with Crippen LogP contribution in [0.4, 0.5) is 13.2 Å². The molecule has 0 spiro atoms. The summed E-state index contributed by atoms with van der Waals surface area (Å²) in [6.45, 7) is 2.69. The lowest BCUT2D eigenvalue weighted by Gasteiger charge is -1.99. The Morgan fingerprint density at radius 3 is 2.33 bits per heavy atom. The molecule has 11 heteroatoms. The average Bonchev–Trinajstić information content (AvgIpc) is 2.52. The van der Waals surface area contributed by atoms with Crippen LogP contribution in [-0.2, 0) is 20.9 Å². The number of nitrogens with one attached hydrogen (secondary N) is 1. The van der Waals surface area contributed by atoms with Gasteiger partial charge in [-0.05, 0) is 12.0 Å². The van der Waals surface area contributed by atoms with Gasteiger partial charge in [-0.15, -0.1) is 0 Å². The molecule has 1 heterocycles. The van der Waals surface area contributed by atoms with Gasteiger partial charge >= 0.3 is 18.1 Å². The fraction of sp³-hybridized carbons (Fsp3) is 0.462. The van der Waals surface area contributed by atoms with E-state index in [0.29, 0.717) is 25.8 Å². The summed E-state index contributed by atoms with van der Waals surface area (Å²) in [5.74, 6) is -3.22. The largest absolute Gasteiger partial charge is 0.490 e. The van der Waals surface area contributed by atoms with E-state index < -0.39 is 18.1 Å². The first-order chi connectivity index (χ1) is 11.1. The third kappa shape index (κ3) is 8.66. The molecule has 1 aromatic heterocycles. The highest BCUT2D eigenvalue weighted by Crippen LogP contribution is 2.15. The summed E-state index contributed by atoms with van der Waals surface area (Å²) in [6, 6.07) is 1.61. The van der Waals surface area contributed by atoms with Gasteiger partial charge in [-0.3, -0.25) is 9.59 Å². The van der Waals surface area contributed by atoms with Crippen molar-refractivity contribution in [3.63, 3.8) is 0 Å². The van der Waals surface area contributed by atoms with Crippen molar-refractivity contribution < 1.29 is 42.1 Å². The minimum Gasteiger partial charge on any atom is -0.481 e. The Morgan fingerprint density at radius 1 is 1.38 bits per heavy atom. The number of carboxylic acid groups (broad SMARTS) is 1. The van der Waals surface area contributed by atoms with Crippen LogP contribution in [0.3, 0.4) is 0 Å². The highest BCUT2D eigenvalue weighted by Gasteiger charge is 2.40. The van der Waals surface area contributed by atoms with Gasteiger partial charge in [-0.1, -0.05) is 4.68 Å². The number of ether oxygens (including phenoxy) is 1. The quantitative estimate of drug-likeness (QED) is 0.583. The molecule has 2 N–H and O–H groups in total. The monoisotopic (exact) mass is 352 g/mol. The number of methoxy groups -OCH3 is 1. The van der Waals surface area contributed by atoms with Gasteiger partial charge in [0, 0.05) is 12.6 Å². The summed E-state index contributed by atoms with van der Waals surface area (Å²) < 4.78 is 37.8. The van der Waals surface area contributed by atoms with E-state index in [9.17, 15) is 27.6 Å². The molecule has 8 nitrogen and oxygen atoms in total. The number of carbonyl (C=O) groups is 3. The van der Waals surface area contributed by atoms with Crippen molar-refractivity contribution in [3.8, 4) is 0 Å². The first-order valence-electron chi connectivity index (χ1n) is 6.62. The molecule has 0 saturated carbocycles. The molecule has 0 atom stereocenters. The van der Waals surface area contributed by atoms with Crippen LogP contribution in [-0.4, -0.2) is 47.9 Å². The van der Waals surface area contributed by atoms with Crippen LogP contribution in [0.2, 0.25) is 0 Å². The first kappa shape index (κ1) is 21.3. The van der Waals surface area contributed by atoms with Crippen molar-refractivity contribution in [1.82, 2.24) is 10.4 Å². The third-order valence-corrected chi connectivity index (χ3v) is 2.34. The molecule has 0 saturated heterocycles. The number of aliphatic carboxylic acids is 1. The number of nitrogens with zero attached hydrogens (tertiary/aromatic N) is 2. The number of rotatable bonds is 5. The van der Waals surface area contributed by atoms with Crippen LogP contribution in [0.25, 0.3) is 0 Å². The topological polar surface area (TPSA) is 109 Å². The van der Waals surface area contributed by atoms with Gasteiger partial charge in [0.2, 0.25) is 0 Å². The minimum atomic E-state index is -4.85. The maximum Gasteiger partial charge on any atom is 0.490 e. The number of carbonyl (C=O) groups excluding carboxylic acids is 2. The van der Waals surface area contributed by atoms with Crippen molar-refractivity contribution in [1.29, 1.82) is 0 Å². The smallest absolute Gasteiger partial charge is 0.481 e. The number of carboxylic acids is 1. The molecule has 0 radical (unpaired) electrons. The van der Waals surface area contributed by atoms with E-state index in [0.717, 1.165) is 0 Å². The molecular weight excluding hydrogens is 335 g/mol. The molecular formula is C13H17F3N3O5+. The van der Waals surface area contributed by atoms with Gasteiger partial charge < -0.3 is 15.2 Å². The maximum absolute atomic E-state index is 11.4. The Labute approximate surface area is 135 Å².